The van der Waals surface area contributed by atoms with Crippen molar-refractivity contribution in [3.8, 4) is 22.6 Å². The summed E-state index contributed by atoms with van der Waals surface area (Å²) in [6.45, 7) is 16.1. The largest absolute Gasteiger partial charge is 0.507 e. The molecule has 0 saturated heterocycles. The quantitative estimate of drug-likeness (QED) is 0.213. The molecule has 0 radical (unpaired) electrons. The van der Waals surface area contributed by atoms with Crippen molar-refractivity contribution in [3.05, 3.63) is 46.5 Å². The standard InChI is InChI=1S/C31H46NO6P/c1-17(2)25-12-23(15-28(29(25)33)20(7)22-10-11-22)24-13-26(18(3)4)30(27(14-24)19(5)6)38-39(36,16-37-9)32-21(8)31(34)35/h12-15,17-22,33H,10-11,16H2,1-9H3,(H,32,36)(H,34,35)/t20-,21+,39?/m1/s1. The third-order valence-corrected chi connectivity index (χ3v) is 9.49. The van der Waals surface area contributed by atoms with E-state index >= 15 is 0 Å². The highest BCUT2D eigenvalue weighted by Crippen LogP contribution is 2.51. The average molecular weight is 560 g/mol. The highest BCUT2D eigenvalue weighted by molar-refractivity contribution is 7.57. The summed E-state index contributed by atoms with van der Waals surface area (Å²) in [5.74, 6) is 0.909. The van der Waals surface area contributed by atoms with Crippen molar-refractivity contribution >= 4 is 13.5 Å². The topological polar surface area (TPSA) is 105 Å². The molecule has 2 aromatic carbocycles. The lowest BCUT2D eigenvalue weighted by Crippen LogP contribution is -2.34. The number of aliphatic carboxylic acids is 1. The van der Waals surface area contributed by atoms with E-state index in [9.17, 15) is 19.6 Å². The maximum absolute atomic E-state index is 13.8. The fourth-order valence-electron chi connectivity index (χ4n) is 5.05. The van der Waals surface area contributed by atoms with Crippen LogP contribution < -0.4 is 9.61 Å². The summed E-state index contributed by atoms with van der Waals surface area (Å²) >= 11 is 0. The second-order valence-electron chi connectivity index (χ2n) is 11.9. The van der Waals surface area contributed by atoms with Crippen molar-refractivity contribution in [2.75, 3.05) is 13.5 Å². The SMILES string of the molecule is COCP(=O)(N[C@@H](C)C(=O)O)Oc1c(C(C)C)cc(-c2cc(C(C)C)c(O)c([C@H](C)C3CC3)c2)cc1C(C)C. The van der Waals surface area contributed by atoms with Gasteiger partial charge in [0.1, 0.15) is 23.9 Å². The minimum Gasteiger partial charge on any atom is -0.507 e. The first-order valence-corrected chi connectivity index (χ1v) is 15.8. The third-order valence-electron chi connectivity index (χ3n) is 7.63. The molecule has 0 bridgehead atoms. The second kappa shape index (κ2) is 12.4. The Morgan fingerprint density at radius 2 is 1.36 bits per heavy atom. The Morgan fingerprint density at radius 3 is 1.77 bits per heavy atom. The third kappa shape index (κ3) is 7.25. The number of aromatic hydroxyl groups is 1. The molecule has 1 unspecified atom stereocenters. The first-order chi connectivity index (χ1) is 18.2. The van der Waals surface area contributed by atoms with Crippen LogP contribution in [0, 0.1) is 5.92 Å². The van der Waals surface area contributed by atoms with Crippen LogP contribution in [-0.4, -0.2) is 35.7 Å². The van der Waals surface area contributed by atoms with E-state index in [0.717, 1.165) is 33.4 Å². The molecule has 3 rings (SSSR count). The van der Waals surface area contributed by atoms with Gasteiger partial charge in [-0.3, -0.25) is 9.36 Å². The second-order valence-corrected chi connectivity index (χ2v) is 14.0. The number of rotatable bonds is 13. The minimum atomic E-state index is -3.71. The van der Waals surface area contributed by atoms with E-state index in [-0.39, 0.29) is 30.0 Å². The highest BCUT2D eigenvalue weighted by Gasteiger charge is 2.34. The monoisotopic (exact) mass is 559 g/mol. The molecule has 7 nitrogen and oxygen atoms in total. The average Bonchev–Trinajstić information content (AvgIpc) is 3.69. The van der Waals surface area contributed by atoms with E-state index in [4.69, 9.17) is 9.26 Å². The number of benzene rings is 2. The normalized spacial score (nSPS) is 16.9. The van der Waals surface area contributed by atoms with Crippen molar-refractivity contribution in [2.45, 2.75) is 97.9 Å². The lowest BCUT2D eigenvalue weighted by atomic mass is 9.85. The number of carboxylic acid groups (broad SMARTS) is 1. The molecule has 8 heteroatoms. The van der Waals surface area contributed by atoms with Gasteiger partial charge < -0.3 is 19.5 Å². The van der Waals surface area contributed by atoms with Crippen LogP contribution in [-0.2, 0) is 14.1 Å². The Balaban J connectivity index is 2.21. The predicted octanol–water partition coefficient (Wildman–Crippen LogP) is 8.18. The molecule has 0 amide bonds. The van der Waals surface area contributed by atoms with Crippen LogP contribution in [0.1, 0.15) is 114 Å². The molecular weight excluding hydrogens is 513 g/mol. The van der Waals surface area contributed by atoms with Gasteiger partial charge in [-0.1, -0.05) is 48.5 Å². The van der Waals surface area contributed by atoms with Crippen LogP contribution >= 0.6 is 7.52 Å². The number of phenols is 1. The Labute approximate surface area is 233 Å². The summed E-state index contributed by atoms with van der Waals surface area (Å²) in [4.78, 5) is 11.5. The molecule has 1 aliphatic rings. The van der Waals surface area contributed by atoms with Crippen molar-refractivity contribution < 1.29 is 28.8 Å². The van der Waals surface area contributed by atoms with Crippen LogP contribution in [0.25, 0.3) is 11.1 Å². The molecule has 2 aromatic rings. The molecule has 1 aliphatic carbocycles. The smallest absolute Gasteiger partial charge is 0.342 e. The van der Waals surface area contributed by atoms with E-state index in [2.05, 4.69) is 77.8 Å². The molecule has 216 valence electrons. The zero-order chi connectivity index (χ0) is 29.2. The van der Waals surface area contributed by atoms with E-state index in [1.807, 2.05) is 0 Å². The fourth-order valence-corrected chi connectivity index (χ4v) is 6.77. The van der Waals surface area contributed by atoms with Crippen LogP contribution in [0.3, 0.4) is 0 Å². The summed E-state index contributed by atoms with van der Waals surface area (Å²) in [7, 11) is -2.30. The van der Waals surface area contributed by atoms with Gasteiger partial charge in [-0.25, -0.2) is 5.09 Å². The van der Waals surface area contributed by atoms with Gasteiger partial charge in [-0.2, -0.15) is 0 Å². The summed E-state index contributed by atoms with van der Waals surface area (Å²) in [5, 5.41) is 23.3. The summed E-state index contributed by atoms with van der Waals surface area (Å²) < 4.78 is 25.2. The summed E-state index contributed by atoms with van der Waals surface area (Å²) in [6.07, 6.45) is 2.12. The van der Waals surface area contributed by atoms with Crippen molar-refractivity contribution in [1.29, 1.82) is 0 Å². The van der Waals surface area contributed by atoms with Crippen LogP contribution in [0.15, 0.2) is 24.3 Å². The number of carbonyl (C=O) groups is 1. The van der Waals surface area contributed by atoms with Crippen LogP contribution in [0.5, 0.6) is 11.5 Å². The van der Waals surface area contributed by atoms with Crippen molar-refractivity contribution in [2.24, 2.45) is 5.92 Å². The number of phenolic OH excluding ortho intramolecular Hbond substituents is 1. The fraction of sp³-hybridized carbons (Fsp3) is 0.581. The van der Waals surface area contributed by atoms with Gasteiger partial charge in [0.05, 0.1) is 0 Å². The molecular formula is C31H46NO6P. The molecule has 3 N–H and O–H groups in total. The number of methoxy groups -OCH3 is 1. The Kier molecular flexibility index (Phi) is 9.96. The Hall–Kier alpha value is -2.34. The first kappa shape index (κ1) is 31.2. The number of ether oxygens (including phenoxy) is 1. The molecule has 3 atom stereocenters. The van der Waals surface area contributed by atoms with Gasteiger partial charge in [0, 0.05) is 7.11 Å². The Bertz CT molecular complexity index is 1200. The van der Waals surface area contributed by atoms with Crippen molar-refractivity contribution in [1.82, 2.24) is 5.09 Å². The van der Waals surface area contributed by atoms with Gasteiger partial charge in [0.15, 0.2) is 0 Å². The van der Waals surface area contributed by atoms with E-state index in [0.29, 0.717) is 17.4 Å². The van der Waals surface area contributed by atoms with Crippen molar-refractivity contribution in [3.63, 3.8) is 0 Å². The number of carboxylic acids is 1. The molecule has 0 aliphatic heterocycles. The molecule has 0 spiro atoms. The molecule has 0 aromatic heterocycles. The molecule has 1 saturated carbocycles. The predicted molar refractivity (Wildman–Crippen MR) is 157 cm³/mol. The summed E-state index contributed by atoms with van der Waals surface area (Å²) in [6, 6.07) is 7.28. The van der Waals surface area contributed by atoms with Gasteiger partial charge >= 0.3 is 13.5 Å². The van der Waals surface area contributed by atoms with E-state index < -0.39 is 19.5 Å². The lowest BCUT2D eigenvalue weighted by Gasteiger charge is -2.27. The zero-order valence-corrected chi connectivity index (χ0v) is 25.8. The van der Waals surface area contributed by atoms with Crippen LogP contribution in [0.2, 0.25) is 0 Å². The molecule has 0 heterocycles. The van der Waals surface area contributed by atoms with Crippen LogP contribution in [0.4, 0.5) is 0 Å². The van der Waals surface area contributed by atoms with Gasteiger partial charge in [-0.05, 0) is 107 Å². The van der Waals surface area contributed by atoms with E-state index in [1.54, 1.807) is 0 Å². The minimum absolute atomic E-state index is 0.0388. The number of hydrogen-bond donors (Lipinski definition) is 3. The van der Waals surface area contributed by atoms with E-state index in [1.165, 1.54) is 26.9 Å². The maximum atomic E-state index is 13.8. The lowest BCUT2D eigenvalue weighted by molar-refractivity contribution is -0.138. The highest BCUT2D eigenvalue weighted by atomic mass is 31.2. The summed E-state index contributed by atoms with van der Waals surface area (Å²) in [5.41, 5.74) is 5.74. The number of hydrogen-bond acceptors (Lipinski definition) is 5. The van der Waals surface area contributed by atoms with Gasteiger partial charge in [0.2, 0.25) is 0 Å². The maximum Gasteiger partial charge on any atom is 0.342 e. The number of nitrogens with one attached hydrogen (secondary N) is 1. The van der Waals surface area contributed by atoms with Gasteiger partial charge in [0.25, 0.3) is 0 Å². The first-order valence-electron chi connectivity index (χ1n) is 14.0. The zero-order valence-electron chi connectivity index (χ0n) is 24.9. The molecule has 1 fully saturated rings. The Morgan fingerprint density at radius 1 is 0.897 bits per heavy atom. The van der Waals surface area contributed by atoms with Gasteiger partial charge in [-0.15, -0.1) is 0 Å². The molecule has 39 heavy (non-hydrogen) atoms.